The SMILES string of the molecule is Cc1nc2c3c(n1)n(C14COCC1C4)c(=O)n3CCN2. The van der Waals surface area contributed by atoms with E-state index < -0.39 is 0 Å². The molecule has 0 amide bonds. The van der Waals surface area contributed by atoms with Crippen LogP contribution in [0.25, 0.3) is 11.2 Å². The van der Waals surface area contributed by atoms with Gasteiger partial charge in [0.15, 0.2) is 11.5 Å². The van der Waals surface area contributed by atoms with E-state index in [0.29, 0.717) is 24.9 Å². The van der Waals surface area contributed by atoms with Crippen molar-refractivity contribution in [3.63, 3.8) is 0 Å². The molecule has 5 rings (SSSR count). The lowest BCUT2D eigenvalue weighted by molar-refractivity contribution is 0.147. The summed E-state index contributed by atoms with van der Waals surface area (Å²) in [5.74, 6) is 1.94. The van der Waals surface area contributed by atoms with E-state index in [1.807, 2.05) is 16.1 Å². The molecule has 7 heteroatoms. The second-order valence-electron chi connectivity index (χ2n) is 6.01. The van der Waals surface area contributed by atoms with Gasteiger partial charge in [0.1, 0.15) is 11.3 Å². The summed E-state index contributed by atoms with van der Waals surface area (Å²) in [5, 5.41) is 3.27. The van der Waals surface area contributed by atoms with Crippen molar-refractivity contribution < 1.29 is 4.74 Å². The van der Waals surface area contributed by atoms with Gasteiger partial charge in [0.2, 0.25) is 0 Å². The van der Waals surface area contributed by atoms with E-state index in [-0.39, 0.29) is 11.2 Å². The van der Waals surface area contributed by atoms with Crippen LogP contribution in [0.1, 0.15) is 12.2 Å². The van der Waals surface area contributed by atoms with Gasteiger partial charge in [0.05, 0.1) is 18.8 Å². The predicted molar refractivity (Wildman–Crippen MR) is 71.9 cm³/mol. The smallest absolute Gasteiger partial charge is 0.331 e. The van der Waals surface area contributed by atoms with E-state index in [9.17, 15) is 4.79 Å². The van der Waals surface area contributed by atoms with Crippen LogP contribution in [-0.4, -0.2) is 38.9 Å². The quantitative estimate of drug-likeness (QED) is 0.796. The Morgan fingerprint density at radius 3 is 3.10 bits per heavy atom. The lowest BCUT2D eigenvalue weighted by Gasteiger charge is -2.15. The summed E-state index contributed by atoms with van der Waals surface area (Å²) in [4.78, 5) is 21.8. The fourth-order valence-electron chi connectivity index (χ4n) is 3.76. The zero-order valence-corrected chi connectivity index (χ0v) is 11.2. The molecule has 3 aliphatic rings. The largest absolute Gasteiger partial charge is 0.379 e. The molecule has 2 aromatic heterocycles. The van der Waals surface area contributed by atoms with E-state index >= 15 is 0 Å². The van der Waals surface area contributed by atoms with Gasteiger partial charge in [0.25, 0.3) is 0 Å². The van der Waals surface area contributed by atoms with E-state index in [0.717, 1.165) is 36.6 Å². The highest BCUT2D eigenvalue weighted by molar-refractivity contribution is 5.85. The monoisotopic (exact) mass is 273 g/mol. The van der Waals surface area contributed by atoms with Gasteiger partial charge in [-0.15, -0.1) is 0 Å². The minimum absolute atomic E-state index is 0.0376. The second kappa shape index (κ2) is 3.22. The molecule has 1 saturated heterocycles. The van der Waals surface area contributed by atoms with Gasteiger partial charge in [-0.3, -0.25) is 9.13 Å². The van der Waals surface area contributed by atoms with Crippen molar-refractivity contribution in [1.82, 2.24) is 19.1 Å². The van der Waals surface area contributed by atoms with Crippen LogP contribution in [0, 0.1) is 12.8 Å². The first-order valence-corrected chi connectivity index (χ1v) is 7.03. The number of anilines is 1. The van der Waals surface area contributed by atoms with Gasteiger partial charge in [-0.1, -0.05) is 0 Å². The Kier molecular flexibility index (Phi) is 1.75. The molecule has 20 heavy (non-hydrogen) atoms. The van der Waals surface area contributed by atoms with Gasteiger partial charge in [-0.2, -0.15) is 0 Å². The lowest BCUT2D eigenvalue weighted by atomic mass is 10.2. The van der Waals surface area contributed by atoms with Crippen LogP contribution in [0.4, 0.5) is 5.82 Å². The third-order valence-corrected chi connectivity index (χ3v) is 4.83. The van der Waals surface area contributed by atoms with Crippen LogP contribution in [0.2, 0.25) is 0 Å². The normalized spacial score (nSPS) is 30.4. The summed E-state index contributed by atoms with van der Waals surface area (Å²) in [6.07, 6.45) is 1.03. The van der Waals surface area contributed by atoms with E-state index in [1.165, 1.54) is 0 Å². The molecule has 0 spiro atoms. The van der Waals surface area contributed by atoms with E-state index in [4.69, 9.17) is 4.74 Å². The van der Waals surface area contributed by atoms with Crippen LogP contribution < -0.4 is 11.0 Å². The van der Waals surface area contributed by atoms with Crippen molar-refractivity contribution in [3.8, 4) is 0 Å². The fraction of sp³-hybridized carbons (Fsp3) is 0.615. The van der Waals surface area contributed by atoms with E-state index in [1.54, 1.807) is 0 Å². The number of imidazole rings is 1. The number of aromatic nitrogens is 4. The maximum absolute atomic E-state index is 12.8. The zero-order chi connectivity index (χ0) is 13.5. The standard InChI is InChI=1S/C13H15N5O2/c1-7-15-10-9-11(16-7)18(12(19)17(9)3-2-14-10)13-4-8(13)5-20-6-13/h8H,2-6H2,1H3,(H,14,15,16). The molecule has 0 bridgehead atoms. The molecule has 2 aromatic rings. The van der Waals surface area contributed by atoms with Crippen molar-refractivity contribution in [2.45, 2.75) is 25.4 Å². The number of nitrogens with zero attached hydrogens (tertiary/aromatic N) is 4. The van der Waals surface area contributed by atoms with Gasteiger partial charge >= 0.3 is 5.69 Å². The molecule has 4 heterocycles. The van der Waals surface area contributed by atoms with Crippen molar-refractivity contribution in [2.24, 2.45) is 5.92 Å². The number of hydrogen-bond donors (Lipinski definition) is 1. The van der Waals surface area contributed by atoms with Crippen molar-refractivity contribution in [3.05, 3.63) is 16.3 Å². The molecule has 1 aliphatic carbocycles. The molecular formula is C13H15N5O2. The molecule has 1 N–H and O–H groups in total. The Morgan fingerprint density at radius 2 is 2.35 bits per heavy atom. The number of nitrogens with one attached hydrogen (secondary N) is 1. The van der Waals surface area contributed by atoms with Crippen LogP contribution in [0.3, 0.4) is 0 Å². The van der Waals surface area contributed by atoms with Gasteiger partial charge < -0.3 is 10.1 Å². The highest BCUT2D eigenvalue weighted by Crippen LogP contribution is 2.55. The average Bonchev–Trinajstić information content (AvgIpc) is 2.84. The van der Waals surface area contributed by atoms with Crippen LogP contribution in [0.15, 0.2) is 4.79 Å². The average molecular weight is 273 g/mol. The first kappa shape index (κ1) is 10.8. The Hall–Kier alpha value is -1.89. The number of aryl methyl sites for hydroxylation is 1. The summed E-state index contributed by atoms with van der Waals surface area (Å²) in [7, 11) is 0. The molecule has 1 saturated carbocycles. The molecule has 0 aromatic carbocycles. The Morgan fingerprint density at radius 1 is 1.45 bits per heavy atom. The summed E-state index contributed by atoms with van der Waals surface area (Å²) >= 11 is 0. The van der Waals surface area contributed by atoms with Crippen molar-refractivity contribution in [1.29, 1.82) is 0 Å². The third-order valence-electron chi connectivity index (χ3n) is 4.83. The molecular weight excluding hydrogens is 258 g/mol. The Balaban J connectivity index is 1.91. The van der Waals surface area contributed by atoms with Crippen LogP contribution in [0.5, 0.6) is 0 Å². The number of fused-ring (bicyclic) bond motifs is 1. The highest BCUT2D eigenvalue weighted by Gasteiger charge is 2.61. The maximum atomic E-state index is 12.8. The minimum Gasteiger partial charge on any atom is -0.379 e. The molecule has 2 fully saturated rings. The molecule has 2 atom stereocenters. The van der Waals surface area contributed by atoms with Gasteiger partial charge in [0, 0.05) is 19.0 Å². The molecule has 2 aliphatic heterocycles. The van der Waals surface area contributed by atoms with Crippen LogP contribution in [-0.2, 0) is 16.8 Å². The third kappa shape index (κ3) is 1.09. The number of rotatable bonds is 1. The number of hydrogen-bond acceptors (Lipinski definition) is 5. The second-order valence-corrected chi connectivity index (χ2v) is 6.01. The molecule has 0 radical (unpaired) electrons. The topological polar surface area (TPSA) is 74.0 Å². The minimum atomic E-state index is -0.150. The van der Waals surface area contributed by atoms with Crippen molar-refractivity contribution >= 4 is 17.0 Å². The molecule has 7 nitrogen and oxygen atoms in total. The highest BCUT2D eigenvalue weighted by atomic mass is 16.5. The summed E-state index contributed by atoms with van der Waals surface area (Å²) in [6.45, 7) is 4.65. The van der Waals surface area contributed by atoms with Crippen molar-refractivity contribution in [2.75, 3.05) is 25.1 Å². The maximum Gasteiger partial charge on any atom is 0.331 e. The lowest BCUT2D eigenvalue weighted by Crippen LogP contribution is -2.35. The summed E-state index contributed by atoms with van der Waals surface area (Å²) < 4.78 is 9.25. The van der Waals surface area contributed by atoms with E-state index in [2.05, 4.69) is 15.3 Å². The van der Waals surface area contributed by atoms with Crippen LogP contribution >= 0.6 is 0 Å². The predicted octanol–water partition coefficient (Wildman–Crippen LogP) is 0.0723. The molecule has 104 valence electrons. The Bertz CT molecular complexity index is 807. The summed E-state index contributed by atoms with van der Waals surface area (Å²) in [6, 6.07) is 0. The fourth-order valence-corrected chi connectivity index (χ4v) is 3.76. The number of ether oxygens (including phenoxy) is 1. The first-order chi connectivity index (χ1) is 9.71. The van der Waals surface area contributed by atoms with Gasteiger partial charge in [-0.05, 0) is 13.3 Å². The Labute approximate surface area is 114 Å². The zero-order valence-electron chi connectivity index (χ0n) is 11.2. The summed E-state index contributed by atoms with van der Waals surface area (Å²) in [5.41, 5.74) is 1.50. The first-order valence-electron chi connectivity index (χ1n) is 7.03. The van der Waals surface area contributed by atoms with Gasteiger partial charge in [-0.25, -0.2) is 14.8 Å². The molecule has 2 unspecified atom stereocenters.